The summed E-state index contributed by atoms with van der Waals surface area (Å²) in [5.41, 5.74) is 0.896. The fourth-order valence-corrected chi connectivity index (χ4v) is 16.1. The van der Waals surface area contributed by atoms with Crippen molar-refractivity contribution in [2.75, 3.05) is 39.5 Å². The second-order valence-corrected chi connectivity index (χ2v) is 35.6. The molecule has 9 heterocycles. The molecular formula is C86H108N18O16S. The Morgan fingerprint density at radius 3 is 1.38 bits per heavy atom. The number of carbonyl (C=O) groups excluding carboxylic acids is 9. The van der Waals surface area contributed by atoms with Gasteiger partial charge in [-0.3, -0.25) is 53.2 Å². The smallest absolute Gasteiger partial charge is 0.326 e. The van der Waals surface area contributed by atoms with E-state index in [1.54, 1.807) is 136 Å². The Labute approximate surface area is 701 Å². The number of nitrogens with zero attached hydrogens (tertiary/aromatic N) is 8. The molecule has 9 amide bonds. The molecule has 14 unspecified atom stereocenters. The normalized spacial score (nSPS) is 22.6. The summed E-state index contributed by atoms with van der Waals surface area (Å²) in [6.07, 6.45) is 2.05. The highest BCUT2D eigenvalue weighted by Crippen LogP contribution is 2.35. The summed E-state index contributed by atoms with van der Waals surface area (Å²) >= 11 is 0. The highest BCUT2D eigenvalue weighted by atomic mass is 32.2. The van der Waals surface area contributed by atoms with Gasteiger partial charge in [-0.1, -0.05) is 161 Å². The lowest BCUT2D eigenvalue weighted by atomic mass is 9.85. The number of aliphatic carboxylic acids is 1. The zero-order valence-corrected chi connectivity index (χ0v) is 70.5. The van der Waals surface area contributed by atoms with Gasteiger partial charge in [0.15, 0.2) is 0 Å². The molecule has 644 valence electrons. The molecule has 0 radical (unpaired) electrons. The van der Waals surface area contributed by atoms with Crippen molar-refractivity contribution in [2.24, 2.45) is 10.8 Å². The van der Waals surface area contributed by atoms with Crippen molar-refractivity contribution in [1.82, 2.24) is 92.4 Å². The standard InChI is InChI=1S/C86H108N18O16S/c1-49(87-10)74(105)94-72(85(4,5)6)82(112)101-45-62-41-70(101)79(110)91-66(39-54-21-27-56-17-12-14-19-58(56)35-54)76(107)90-68(78(109)98-121(116,117)34-16-33-89-81-51(3)120-81)37-52-23-29-64(30-24-52)118-47-60-43-104(99-96-60)63-42-71(102(46-63)83(113)73(86(7,8)9)95-75(106)50(2)88-11)80(111)92-67(40-55-22-28-57-18-13-15-20-59(57)36-55)77(108)93-69(84(114)115)38-53-25-31-65(32-26-53)119-48-61-44-103(62)100-97-61/h12-15,17-32,35-36,43-44,49-51,62-63,66-73,81,87-89H,16,33-34,37-42,45-48H2,1-11H3,(H,90,107)(H,91,110)(H,92,111)(H,93,108)(H,94,105)(H,95,106)(H,98,109)(H,114,115). The van der Waals surface area contributed by atoms with Gasteiger partial charge in [0.1, 0.15) is 90.7 Å². The van der Waals surface area contributed by atoms with Crippen molar-refractivity contribution >= 4 is 90.7 Å². The number of ether oxygens (including phenoxy) is 3. The number of aromatic nitrogens is 6. The number of benzene rings is 6. The number of hydrogen-bond acceptors (Lipinski definition) is 22. The average Bonchev–Trinajstić information content (AvgIpc) is 1.66. The largest absolute Gasteiger partial charge is 0.487 e. The molecule has 34 nitrogen and oxygen atoms in total. The Morgan fingerprint density at radius 2 is 0.975 bits per heavy atom. The molecule has 11 N–H and O–H groups in total. The minimum absolute atomic E-state index is 0.0418. The minimum Gasteiger partial charge on any atom is -0.487 e. The van der Waals surface area contributed by atoms with E-state index < -0.39 is 158 Å². The first-order valence-electron chi connectivity index (χ1n) is 40.7. The fraction of sp³-hybridized carbons (Fsp3) is 0.465. The van der Waals surface area contributed by atoms with Gasteiger partial charge in [0.25, 0.3) is 5.91 Å². The molecule has 0 spiro atoms. The van der Waals surface area contributed by atoms with E-state index in [0.29, 0.717) is 45.1 Å². The molecule has 121 heavy (non-hydrogen) atoms. The number of nitrogens with one attached hydrogen (secondary N) is 10. The Morgan fingerprint density at radius 1 is 0.562 bits per heavy atom. The molecular weight excluding hydrogens is 1570 g/mol. The molecule has 0 aliphatic carbocycles. The molecule has 8 aromatic rings. The van der Waals surface area contributed by atoms with Crippen LogP contribution in [0.2, 0.25) is 0 Å². The summed E-state index contributed by atoms with van der Waals surface area (Å²) in [6, 6.07) is 25.0. The van der Waals surface area contributed by atoms with Crippen LogP contribution in [0.25, 0.3) is 21.5 Å². The van der Waals surface area contributed by atoms with Crippen LogP contribution in [-0.2, 0) is 102 Å². The van der Waals surface area contributed by atoms with Gasteiger partial charge in [0.2, 0.25) is 57.3 Å². The highest BCUT2D eigenvalue weighted by molar-refractivity contribution is 7.90. The van der Waals surface area contributed by atoms with E-state index in [9.17, 15) is 37.5 Å². The van der Waals surface area contributed by atoms with Gasteiger partial charge < -0.3 is 71.7 Å². The van der Waals surface area contributed by atoms with Crippen LogP contribution < -0.4 is 62.0 Å². The van der Waals surface area contributed by atoms with E-state index in [4.69, 9.17) is 14.2 Å². The maximum Gasteiger partial charge on any atom is 0.326 e. The van der Waals surface area contributed by atoms with Gasteiger partial charge in [-0.2, -0.15) is 0 Å². The Hall–Kier alpha value is -11.8. The number of amides is 9. The van der Waals surface area contributed by atoms with Crippen molar-refractivity contribution in [3.63, 3.8) is 0 Å². The molecule has 12 bridgehead atoms. The number of fused-ring (bicyclic) bond motifs is 2. The van der Waals surface area contributed by atoms with Gasteiger partial charge >= 0.3 is 5.97 Å². The van der Waals surface area contributed by atoms with Gasteiger partial charge in [-0.25, -0.2) is 22.6 Å². The van der Waals surface area contributed by atoms with Crippen LogP contribution in [0, 0.1) is 10.8 Å². The molecule has 3 fully saturated rings. The van der Waals surface area contributed by atoms with Crippen LogP contribution in [0.1, 0.15) is 127 Å². The van der Waals surface area contributed by atoms with E-state index in [2.05, 4.69) is 73.2 Å². The molecule has 0 saturated carbocycles. The lowest BCUT2D eigenvalue weighted by molar-refractivity contribution is -0.145. The zero-order valence-electron chi connectivity index (χ0n) is 69.7. The lowest BCUT2D eigenvalue weighted by Crippen LogP contribution is -2.61. The average molecular weight is 1680 g/mol. The van der Waals surface area contributed by atoms with Crippen molar-refractivity contribution in [3.8, 4) is 11.5 Å². The summed E-state index contributed by atoms with van der Waals surface area (Å²) < 4.78 is 50.8. The molecule has 35 heteroatoms. The molecule has 7 aliphatic rings. The van der Waals surface area contributed by atoms with E-state index in [-0.39, 0.29) is 90.1 Å². The first-order chi connectivity index (χ1) is 57.6. The number of rotatable bonds is 20. The molecule has 2 aromatic heterocycles. The maximum absolute atomic E-state index is 15.6. The van der Waals surface area contributed by atoms with Crippen LogP contribution in [0.15, 0.2) is 146 Å². The molecule has 6 aromatic carbocycles. The predicted octanol–water partition coefficient (Wildman–Crippen LogP) is 3.37. The van der Waals surface area contributed by atoms with E-state index in [1.807, 2.05) is 85.8 Å². The van der Waals surface area contributed by atoms with Gasteiger partial charge in [-0.05, 0) is 127 Å². The van der Waals surface area contributed by atoms with Gasteiger partial charge in [0, 0.05) is 51.6 Å². The number of epoxide rings is 1. The zero-order chi connectivity index (χ0) is 86.8. The number of likely N-dealkylation sites (tertiary alicyclic amines) is 2. The number of sulfonamides is 1. The molecule has 7 aliphatic heterocycles. The summed E-state index contributed by atoms with van der Waals surface area (Å²) in [5, 5.41) is 58.1. The first-order valence-corrected chi connectivity index (χ1v) is 42.4. The maximum atomic E-state index is 15.6. The van der Waals surface area contributed by atoms with Crippen LogP contribution in [0.4, 0.5) is 0 Å². The van der Waals surface area contributed by atoms with E-state index >= 15 is 24.0 Å². The van der Waals surface area contributed by atoms with Crippen LogP contribution in [0.5, 0.6) is 11.5 Å². The quantitative estimate of drug-likeness (QED) is 0.0385. The summed E-state index contributed by atoms with van der Waals surface area (Å²) in [5.74, 6) is -7.74. The molecule has 3 saturated heterocycles. The predicted molar refractivity (Wildman–Crippen MR) is 447 cm³/mol. The second-order valence-electron chi connectivity index (χ2n) is 33.8. The van der Waals surface area contributed by atoms with Crippen molar-refractivity contribution in [1.29, 1.82) is 0 Å². The van der Waals surface area contributed by atoms with Crippen molar-refractivity contribution < 1.29 is 75.7 Å². The number of carboxylic acid groups (broad SMARTS) is 1. The summed E-state index contributed by atoms with van der Waals surface area (Å²) in [7, 11) is -1.15. The Bertz CT molecular complexity index is 5230. The third-order valence-electron chi connectivity index (χ3n) is 22.5. The lowest BCUT2D eigenvalue weighted by Gasteiger charge is -2.36. The second kappa shape index (κ2) is 38.3. The van der Waals surface area contributed by atoms with Crippen LogP contribution >= 0.6 is 0 Å². The van der Waals surface area contributed by atoms with Gasteiger partial charge in [-0.15, -0.1) is 10.2 Å². The number of likely N-dealkylation sites (N-methyl/N-ethyl adjacent to an activating group) is 2. The third-order valence-corrected chi connectivity index (χ3v) is 23.8. The van der Waals surface area contributed by atoms with Crippen LogP contribution in [-0.4, -0.2) is 225 Å². The van der Waals surface area contributed by atoms with Crippen molar-refractivity contribution in [3.05, 3.63) is 179 Å². The SMILES string of the molecule is CNC(C)C(=O)NC(C(=O)N1CC2CC1C(=O)NC(Cc1ccc3ccccc3c1)C(=O)NC(C(=O)O)Cc1ccc(cc1)OCc1cn(nn1)C1CC(C(=O)NC(Cc3ccc4ccccc4c3)C(=O)NC(C(=O)NS(=O)(=O)CCCNC3OC3C)Cc3ccc(cc3)OCc3cn2nn3)N(C(=O)C(NC(=O)C(C)NC)C(C)(C)C)C1)C(C)(C)C. The first kappa shape index (κ1) is 88.5. The number of hydrogen-bond donors (Lipinski definition) is 11. The van der Waals surface area contributed by atoms with Gasteiger partial charge in [0.05, 0.1) is 48.4 Å². The van der Waals surface area contributed by atoms with E-state index in [0.717, 1.165) is 21.5 Å². The molecule has 14 atom stereocenters. The van der Waals surface area contributed by atoms with E-state index in [1.165, 1.54) is 19.2 Å². The minimum atomic E-state index is -4.35. The highest BCUT2D eigenvalue weighted by Gasteiger charge is 2.49. The van der Waals surface area contributed by atoms with Crippen molar-refractivity contribution in [2.45, 2.75) is 205 Å². The third kappa shape index (κ3) is 22.8. The van der Waals surface area contributed by atoms with Crippen LogP contribution in [0.3, 0.4) is 0 Å². The number of carbonyl (C=O) groups is 10. The summed E-state index contributed by atoms with van der Waals surface area (Å²) in [6.45, 7) is 15.4. The topological polar surface area (TPSA) is 444 Å². The monoisotopic (exact) mass is 1680 g/mol. The summed E-state index contributed by atoms with van der Waals surface area (Å²) in [4.78, 5) is 150. The Balaban J connectivity index is 0.891. The fourth-order valence-electron chi connectivity index (χ4n) is 15.1. The Kier molecular flexibility index (Phi) is 28.0. The molecule has 15 rings (SSSR count). The number of carboxylic acids is 1.